The second kappa shape index (κ2) is 7.09. The fourth-order valence-corrected chi connectivity index (χ4v) is 3.63. The van der Waals surface area contributed by atoms with Gasteiger partial charge in [0.15, 0.2) is 0 Å². The first-order valence-corrected chi connectivity index (χ1v) is 9.20. The quantitative estimate of drug-likeness (QED) is 0.576. The van der Waals surface area contributed by atoms with Gasteiger partial charge in [-0.1, -0.05) is 0 Å². The molecule has 0 saturated heterocycles. The summed E-state index contributed by atoms with van der Waals surface area (Å²) in [6.45, 7) is 2.44. The van der Waals surface area contributed by atoms with Gasteiger partial charge in [-0.3, -0.25) is 9.78 Å². The molecule has 0 aliphatic carbocycles. The number of benzene rings is 1. The smallest absolute Gasteiger partial charge is 0.251 e. The molecule has 5 nitrogen and oxygen atoms in total. The molecule has 4 rings (SSSR count). The highest BCUT2D eigenvalue weighted by Crippen LogP contribution is 2.23. The lowest BCUT2D eigenvalue weighted by atomic mass is 10.1. The molecule has 1 amide bonds. The van der Waals surface area contributed by atoms with Crippen LogP contribution in [-0.2, 0) is 6.42 Å². The van der Waals surface area contributed by atoms with Gasteiger partial charge >= 0.3 is 0 Å². The van der Waals surface area contributed by atoms with E-state index in [-0.39, 0.29) is 5.91 Å². The average molecular weight is 363 g/mol. The standard InChI is InChI=1S/C20H17N3O2S/c1-13-10-16-11-15(2-3-18(16)25-13)19(24)22-9-6-17-12-26-20(23-17)14-4-7-21-8-5-14/h2-5,7-8,10-12H,6,9H2,1H3,(H,22,24). The van der Waals surface area contributed by atoms with Gasteiger partial charge in [0.05, 0.1) is 5.69 Å². The summed E-state index contributed by atoms with van der Waals surface area (Å²) in [6, 6.07) is 11.3. The molecule has 26 heavy (non-hydrogen) atoms. The van der Waals surface area contributed by atoms with Crippen LogP contribution in [0.15, 0.2) is 58.6 Å². The maximum absolute atomic E-state index is 12.3. The van der Waals surface area contributed by atoms with E-state index >= 15 is 0 Å². The second-order valence-electron chi connectivity index (χ2n) is 6.00. The number of carbonyl (C=O) groups excluding carboxylic acids is 1. The third kappa shape index (κ3) is 3.50. The maximum Gasteiger partial charge on any atom is 0.251 e. The van der Waals surface area contributed by atoms with E-state index in [1.807, 2.05) is 42.6 Å². The van der Waals surface area contributed by atoms with Gasteiger partial charge in [-0.2, -0.15) is 0 Å². The zero-order valence-electron chi connectivity index (χ0n) is 14.2. The predicted octanol–water partition coefficient (Wildman–Crippen LogP) is 4.23. The zero-order valence-corrected chi connectivity index (χ0v) is 15.0. The number of hydrogen-bond donors (Lipinski definition) is 1. The van der Waals surface area contributed by atoms with Crippen molar-refractivity contribution in [2.24, 2.45) is 0 Å². The van der Waals surface area contributed by atoms with Crippen molar-refractivity contribution < 1.29 is 9.21 Å². The monoisotopic (exact) mass is 363 g/mol. The topological polar surface area (TPSA) is 68.0 Å². The van der Waals surface area contributed by atoms with Crippen LogP contribution in [-0.4, -0.2) is 22.4 Å². The van der Waals surface area contributed by atoms with Crippen LogP contribution >= 0.6 is 11.3 Å². The fourth-order valence-electron chi connectivity index (χ4n) is 2.77. The molecule has 1 aromatic carbocycles. The molecule has 4 aromatic rings. The minimum Gasteiger partial charge on any atom is -0.461 e. The van der Waals surface area contributed by atoms with Crippen molar-refractivity contribution in [3.8, 4) is 10.6 Å². The molecule has 0 saturated carbocycles. The normalized spacial score (nSPS) is 11.0. The number of aromatic nitrogens is 2. The van der Waals surface area contributed by atoms with Crippen LogP contribution in [0.3, 0.4) is 0 Å². The van der Waals surface area contributed by atoms with Crippen LogP contribution in [0.2, 0.25) is 0 Å². The van der Waals surface area contributed by atoms with E-state index in [1.54, 1.807) is 29.8 Å². The highest BCUT2D eigenvalue weighted by molar-refractivity contribution is 7.13. The van der Waals surface area contributed by atoms with Gasteiger partial charge in [0.25, 0.3) is 5.91 Å². The van der Waals surface area contributed by atoms with Crippen molar-refractivity contribution in [2.45, 2.75) is 13.3 Å². The molecule has 0 bridgehead atoms. The van der Waals surface area contributed by atoms with Crippen LogP contribution in [0.25, 0.3) is 21.5 Å². The molecule has 0 aliphatic heterocycles. The van der Waals surface area contributed by atoms with E-state index in [9.17, 15) is 4.79 Å². The van der Waals surface area contributed by atoms with Crippen molar-refractivity contribution in [1.29, 1.82) is 0 Å². The summed E-state index contributed by atoms with van der Waals surface area (Å²) in [4.78, 5) is 21.0. The van der Waals surface area contributed by atoms with Gasteiger partial charge in [-0.25, -0.2) is 4.98 Å². The van der Waals surface area contributed by atoms with E-state index in [1.165, 1.54) is 0 Å². The van der Waals surface area contributed by atoms with Crippen LogP contribution in [0.1, 0.15) is 21.8 Å². The first-order valence-electron chi connectivity index (χ1n) is 8.32. The number of pyridine rings is 1. The zero-order chi connectivity index (χ0) is 17.9. The van der Waals surface area contributed by atoms with E-state index in [2.05, 4.69) is 15.3 Å². The van der Waals surface area contributed by atoms with Crippen molar-refractivity contribution in [3.05, 3.63) is 71.2 Å². The molecular formula is C20H17N3O2S. The highest BCUT2D eigenvalue weighted by atomic mass is 32.1. The maximum atomic E-state index is 12.3. The summed E-state index contributed by atoms with van der Waals surface area (Å²) in [7, 11) is 0. The number of nitrogens with one attached hydrogen (secondary N) is 1. The lowest BCUT2D eigenvalue weighted by molar-refractivity contribution is 0.0954. The Bertz CT molecular complexity index is 1050. The van der Waals surface area contributed by atoms with Crippen molar-refractivity contribution in [1.82, 2.24) is 15.3 Å². The Hall–Kier alpha value is -2.99. The van der Waals surface area contributed by atoms with Crippen LogP contribution in [0.4, 0.5) is 0 Å². The molecule has 0 fully saturated rings. The molecule has 0 atom stereocenters. The summed E-state index contributed by atoms with van der Waals surface area (Å²) in [5.41, 5.74) is 3.46. The predicted molar refractivity (Wildman–Crippen MR) is 102 cm³/mol. The molecule has 0 radical (unpaired) electrons. The van der Waals surface area contributed by atoms with Gasteiger partial charge < -0.3 is 9.73 Å². The largest absolute Gasteiger partial charge is 0.461 e. The van der Waals surface area contributed by atoms with E-state index in [4.69, 9.17) is 4.42 Å². The lowest BCUT2D eigenvalue weighted by Crippen LogP contribution is -2.25. The number of thiazole rings is 1. The molecule has 0 aliphatic rings. The fraction of sp³-hybridized carbons (Fsp3) is 0.150. The number of furan rings is 1. The minimum absolute atomic E-state index is 0.0876. The Balaban J connectivity index is 1.36. The average Bonchev–Trinajstić information content (AvgIpc) is 3.27. The second-order valence-corrected chi connectivity index (χ2v) is 6.85. The third-order valence-electron chi connectivity index (χ3n) is 4.05. The van der Waals surface area contributed by atoms with Crippen LogP contribution < -0.4 is 5.32 Å². The Morgan fingerprint density at radius 1 is 1.19 bits per heavy atom. The number of carbonyl (C=O) groups is 1. The number of hydrogen-bond acceptors (Lipinski definition) is 5. The first-order chi connectivity index (χ1) is 12.7. The van der Waals surface area contributed by atoms with Crippen molar-refractivity contribution in [2.75, 3.05) is 6.54 Å². The Morgan fingerprint density at radius 3 is 2.88 bits per heavy atom. The van der Waals surface area contributed by atoms with Gasteiger partial charge in [-0.15, -0.1) is 11.3 Å². The van der Waals surface area contributed by atoms with Gasteiger partial charge in [-0.05, 0) is 43.3 Å². The van der Waals surface area contributed by atoms with Gasteiger partial charge in [0.1, 0.15) is 16.4 Å². The van der Waals surface area contributed by atoms with Gasteiger partial charge in [0.2, 0.25) is 0 Å². The number of aryl methyl sites for hydroxylation is 1. The summed E-state index contributed by atoms with van der Waals surface area (Å²) < 4.78 is 5.54. The summed E-state index contributed by atoms with van der Waals surface area (Å²) in [5, 5.41) is 6.89. The highest BCUT2D eigenvalue weighted by Gasteiger charge is 2.09. The summed E-state index contributed by atoms with van der Waals surface area (Å²) in [5.74, 6) is 0.751. The number of nitrogens with zero attached hydrogens (tertiary/aromatic N) is 2. The summed E-state index contributed by atoms with van der Waals surface area (Å²) in [6.07, 6.45) is 4.21. The lowest BCUT2D eigenvalue weighted by Gasteiger charge is -2.04. The van der Waals surface area contributed by atoms with Crippen LogP contribution in [0.5, 0.6) is 0 Å². The number of amides is 1. The molecule has 3 heterocycles. The minimum atomic E-state index is -0.0876. The molecule has 130 valence electrons. The molecule has 3 aromatic heterocycles. The third-order valence-corrected chi connectivity index (χ3v) is 4.99. The Labute approximate surface area is 154 Å². The van der Waals surface area contributed by atoms with E-state index in [0.29, 0.717) is 18.5 Å². The van der Waals surface area contributed by atoms with E-state index in [0.717, 1.165) is 33.0 Å². The molecule has 0 unspecified atom stereocenters. The van der Waals surface area contributed by atoms with Crippen molar-refractivity contribution >= 4 is 28.2 Å². The molecule has 6 heteroatoms. The summed E-state index contributed by atoms with van der Waals surface area (Å²) >= 11 is 1.60. The number of rotatable bonds is 5. The van der Waals surface area contributed by atoms with Crippen molar-refractivity contribution in [3.63, 3.8) is 0 Å². The molecule has 0 spiro atoms. The van der Waals surface area contributed by atoms with Crippen LogP contribution in [0, 0.1) is 6.92 Å². The molecular weight excluding hydrogens is 346 g/mol. The van der Waals surface area contributed by atoms with Gasteiger partial charge in [0, 0.05) is 47.3 Å². The first kappa shape index (κ1) is 16.5. The SMILES string of the molecule is Cc1cc2cc(C(=O)NCCc3csc(-c4ccncc4)n3)ccc2o1. The Morgan fingerprint density at radius 2 is 2.04 bits per heavy atom. The Kier molecular flexibility index (Phi) is 4.50. The number of fused-ring (bicyclic) bond motifs is 1. The van der Waals surface area contributed by atoms with E-state index < -0.39 is 0 Å². The molecule has 1 N–H and O–H groups in total.